The number of aliphatic hydroxyl groups is 1. The molecule has 0 spiro atoms. The predicted octanol–water partition coefficient (Wildman–Crippen LogP) is 1.76. The fourth-order valence-electron chi connectivity index (χ4n) is 0.732. The summed E-state index contributed by atoms with van der Waals surface area (Å²) < 4.78 is 0. The molecular weight excluding hydrogens is 144 g/mol. The van der Waals surface area contributed by atoms with E-state index in [2.05, 4.69) is 0 Å². The van der Waals surface area contributed by atoms with Gasteiger partial charge in [0.1, 0.15) is 0 Å². The standard InChI is InChI=1S/C8H10O.H2O2/c1-7(9)8-5-3-2-4-6-8;1-2/h2-7,9H,1H3;1-2H. The van der Waals surface area contributed by atoms with Crippen molar-refractivity contribution in [2.45, 2.75) is 13.0 Å². The Morgan fingerprint density at radius 1 is 1.09 bits per heavy atom. The lowest BCUT2D eigenvalue weighted by Gasteiger charge is -2.00. The topological polar surface area (TPSA) is 60.7 Å². The van der Waals surface area contributed by atoms with E-state index in [1.165, 1.54) is 0 Å². The van der Waals surface area contributed by atoms with Gasteiger partial charge in [-0.05, 0) is 12.5 Å². The largest absolute Gasteiger partial charge is 0.389 e. The summed E-state index contributed by atoms with van der Waals surface area (Å²) in [4.78, 5) is 0. The molecule has 0 saturated carbocycles. The molecule has 1 unspecified atom stereocenters. The van der Waals surface area contributed by atoms with Crippen molar-refractivity contribution in [2.75, 3.05) is 0 Å². The maximum Gasteiger partial charge on any atom is 0.0761 e. The number of rotatable bonds is 1. The molecule has 1 rings (SSSR count). The molecule has 3 nitrogen and oxygen atoms in total. The van der Waals surface area contributed by atoms with E-state index in [1.807, 2.05) is 30.3 Å². The van der Waals surface area contributed by atoms with Crippen LogP contribution in [0.2, 0.25) is 0 Å². The van der Waals surface area contributed by atoms with Gasteiger partial charge in [0.05, 0.1) is 6.10 Å². The van der Waals surface area contributed by atoms with Crippen molar-refractivity contribution in [1.82, 2.24) is 0 Å². The normalized spacial score (nSPS) is 11.3. The Balaban J connectivity index is 0.000000461. The third-order valence-electron chi connectivity index (χ3n) is 1.28. The minimum absolute atomic E-state index is 0.341. The van der Waals surface area contributed by atoms with Gasteiger partial charge in [0, 0.05) is 0 Å². The fourth-order valence-corrected chi connectivity index (χ4v) is 0.732. The van der Waals surface area contributed by atoms with Crippen molar-refractivity contribution >= 4 is 0 Å². The highest BCUT2D eigenvalue weighted by molar-refractivity contribution is 5.16. The average Bonchev–Trinajstić information content (AvgIpc) is 2.10. The maximum atomic E-state index is 9.02. The lowest BCUT2D eigenvalue weighted by atomic mass is 10.1. The van der Waals surface area contributed by atoms with E-state index in [4.69, 9.17) is 15.6 Å². The molecule has 1 atom stereocenters. The van der Waals surface area contributed by atoms with Crippen molar-refractivity contribution in [3.05, 3.63) is 35.9 Å². The van der Waals surface area contributed by atoms with Gasteiger partial charge in [0.2, 0.25) is 0 Å². The quantitative estimate of drug-likeness (QED) is 0.429. The van der Waals surface area contributed by atoms with Crippen molar-refractivity contribution in [3.63, 3.8) is 0 Å². The van der Waals surface area contributed by atoms with Crippen LogP contribution in [0.5, 0.6) is 0 Å². The van der Waals surface area contributed by atoms with Gasteiger partial charge in [-0.25, -0.2) is 0 Å². The van der Waals surface area contributed by atoms with Crippen LogP contribution in [0.25, 0.3) is 0 Å². The van der Waals surface area contributed by atoms with Crippen LogP contribution >= 0.6 is 0 Å². The van der Waals surface area contributed by atoms with Crippen LogP contribution in [-0.4, -0.2) is 15.6 Å². The summed E-state index contributed by atoms with van der Waals surface area (Å²) >= 11 is 0. The second kappa shape index (κ2) is 5.85. The number of benzene rings is 1. The van der Waals surface area contributed by atoms with E-state index in [0.717, 1.165) is 5.56 Å². The van der Waals surface area contributed by atoms with Crippen LogP contribution in [0, 0.1) is 0 Å². The number of aliphatic hydroxyl groups excluding tert-OH is 1. The summed E-state index contributed by atoms with van der Waals surface area (Å²) in [5, 5.41) is 21.0. The molecular formula is C8H12O3. The van der Waals surface area contributed by atoms with Crippen LogP contribution in [0.1, 0.15) is 18.6 Å². The van der Waals surface area contributed by atoms with Crippen LogP contribution in [-0.2, 0) is 0 Å². The minimum atomic E-state index is -0.341. The monoisotopic (exact) mass is 156 g/mol. The SMILES string of the molecule is CC(O)c1ccccc1.OO. The summed E-state index contributed by atoms with van der Waals surface area (Å²) in [6.07, 6.45) is -0.341. The van der Waals surface area contributed by atoms with E-state index in [-0.39, 0.29) is 6.10 Å². The minimum Gasteiger partial charge on any atom is -0.389 e. The van der Waals surface area contributed by atoms with Crippen LogP contribution < -0.4 is 0 Å². The molecule has 0 fully saturated rings. The Kier molecular flexibility index (Phi) is 5.37. The average molecular weight is 156 g/mol. The number of hydrogen-bond acceptors (Lipinski definition) is 3. The third-order valence-corrected chi connectivity index (χ3v) is 1.28. The molecule has 0 heterocycles. The zero-order valence-electron chi connectivity index (χ0n) is 6.31. The lowest BCUT2D eigenvalue weighted by Crippen LogP contribution is -1.87. The summed E-state index contributed by atoms with van der Waals surface area (Å²) in [5.41, 5.74) is 0.970. The molecule has 0 radical (unpaired) electrons. The highest BCUT2D eigenvalue weighted by Gasteiger charge is 1.95. The van der Waals surface area contributed by atoms with Gasteiger partial charge in [0.25, 0.3) is 0 Å². The number of hydrogen-bond donors (Lipinski definition) is 3. The van der Waals surface area contributed by atoms with Gasteiger partial charge >= 0.3 is 0 Å². The van der Waals surface area contributed by atoms with Crippen molar-refractivity contribution in [1.29, 1.82) is 0 Å². The molecule has 1 aromatic rings. The summed E-state index contributed by atoms with van der Waals surface area (Å²) in [6, 6.07) is 9.59. The van der Waals surface area contributed by atoms with E-state index in [9.17, 15) is 0 Å². The second-order valence-corrected chi connectivity index (χ2v) is 2.09. The molecule has 0 aromatic heterocycles. The van der Waals surface area contributed by atoms with Gasteiger partial charge in [-0.15, -0.1) is 0 Å². The highest BCUT2D eigenvalue weighted by atomic mass is 17.0. The summed E-state index contributed by atoms with van der Waals surface area (Å²) in [7, 11) is 0. The Morgan fingerprint density at radius 3 is 1.82 bits per heavy atom. The Hall–Kier alpha value is -0.900. The first kappa shape index (κ1) is 10.1. The van der Waals surface area contributed by atoms with Gasteiger partial charge in [-0.1, -0.05) is 30.3 Å². The zero-order valence-corrected chi connectivity index (χ0v) is 6.31. The highest BCUT2D eigenvalue weighted by Crippen LogP contribution is 2.08. The van der Waals surface area contributed by atoms with Gasteiger partial charge in [0.15, 0.2) is 0 Å². The van der Waals surface area contributed by atoms with Crippen LogP contribution in [0.4, 0.5) is 0 Å². The van der Waals surface area contributed by atoms with Gasteiger partial charge in [-0.2, -0.15) is 0 Å². The Morgan fingerprint density at radius 2 is 1.55 bits per heavy atom. The van der Waals surface area contributed by atoms with Crippen molar-refractivity contribution in [2.24, 2.45) is 0 Å². The summed E-state index contributed by atoms with van der Waals surface area (Å²) in [6.45, 7) is 1.76. The summed E-state index contributed by atoms with van der Waals surface area (Å²) in [5.74, 6) is 0. The first-order valence-corrected chi connectivity index (χ1v) is 3.23. The second-order valence-electron chi connectivity index (χ2n) is 2.09. The molecule has 3 N–H and O–H groups in total. The molecule has 0 saturated heterocycles. The van der Waals surface area contributed by atoms with E-state index >= 15 is 0 Å². The van der Waals surface area contributed by atoms with Crippen molar-refractivity contribution in [3.8, 4) is 0 Å². The third kappa shape index (κ3) is 3.72. The van der Waals surface area contributed by atoms with E-state index < -0.39 is 0 Å². The lowest BCUT2D eigenvalue weighted by molar-refractivity contribution is -0.176. The molecule has 3 heteroatoms. The molecule has 0 aliphatic rings. The molecule has 1 aromatic carbocycles. The van der Waals surface area contributed by atoms with Gasteiger partial charge < -0.3 is 5.11 Å². The molecule has 11 heavy (non-hydrogen) atoms. The fraction of sp³-hybridized carbons (Fsp3) is 0.250. The molecule has 0 amide bonds. The van der Waals surface area contributed by atoms with E-state index in [0.29, 0.717) is 0 Å². The molecule has 62 valence electrons. The van der Waals surface area contributed by atoms with Gasteiger partial charge in [-0.3, -0.25) is 10.5 Å². The molecule has 0 aliphatic carbocycles. The maximum absolute atomic E-state index is 9.02. The Labute approximate surface area is 65.5 Å². The first-order valence-electron chi connectivity index (χ1n) is 3.23. The van der Waals surface area contributed by atoms with Crippen molar-refractivity contribution < 1.29 is 15.6 Å². The van der Waals surface area contributed by atoms with Crippen LogP contribution in [0.3, 0.4) is 0 Å². The van der Waals surface area contributed by atoms with Crippen LogP contribution in [0.15, 0.2) is 30.3 Å². The van der Waals surface area contributed by atoms with E-state index in [1.54, 1.807) is 6.92 Å². The smallest absolute Gasteiger partial charge is 0.0761 e. The Bertz CT molecular complexity index is 172. The predicted molar refractivity (Wildman–Crippen MR) is 42.3 cm³/mol. The molecule has 0 aliphatic heterocycles. The first-order chi connectivity index (χ1) is 5.30. The zero-order chi connectivity index (χ0) is 8.69. The molecule has 0 bridgehead atoms.